The molecule has 4 N–H and O–H groups in total. The van der Waals surface area contributed by atoms with E-state index in [-0.39, 0.29) is 0 Å². The van der Waals surface area contributed by atoms with Gasteiger partial charge in [0.2, 0.25) is 5.82 Å². The molecule has 2 aromatic heterocycles. The minimum Gasteiger partial charge on any atom is -0.324 e. The number of aromatic amines is 2. The molecule has 0 saturated heterocycles. The van der Waals surface area contributed by atoms with Gasteiger partial charge < -0.3 is 5.73 Å². The molecule has 12 heavy (non-hydrogen) atoms. The predicted octanol–water partition coefficient (Wildman–Crippen LogP) is -0.952. The third-order valence-electron chi connectivity index (χ3n) is 1.35. The molecule has 0 atom stereocenters. The zero-order valence-electron chi connectivity index (χ0n) is 6.15. The van der Waals surface area contributed by atoms with E-state index in [9.17, 15) is 0 Å². The second-order valence-electron chi connectivity index (χ2n) is 2.14. The standard InChI is InChI=1S/C5H7N7/c6-1-3-9-5(12-10-3)4-7-2-8-11-4/h2H,1,6H2,(H,7,8,11)(H,9,10,12). The summed E-state index contributed by atoms with van der Waals surface area (Å²) in [7, 11) is 0. The van der Waals surface area contributed by atoms with Crippen molar-refractivity contribution in [2.24, 2.45) is 5.73 Å². The molecule has 0 amide bonds. The first kappa shape index (κ1) is 6.92. The maximum atomic E-state index is 5.34. The van der Waals surface area contributed by atoms with Crippen LogP contribution in [-0.2, 0) is 6.54 Å². The van der Waals surface area contributed by atoms with E-state index in [0.29, 0.717) is 24.0 Å². The van der Waals surface area contributed by atoms with Gasteiger partial charge in [-0.15, -0.1) is 5.10 Å². The summed E-state index contributed by atoms with van der Waals surface area (Å²) < 4.78 is 0. The molecule has 2 heterocycles. The zero-order valence-corrected chi connectivity index (χ0v) is 6.15. The van der Waals surface area contributed by atoms with Crippen LogP contribution in [0, 0.1) is 0 Å². The fourth-order valence-electron chi connectivity index (χ4n) is 0.806. The highest BCUT2D eigenvalue weighted by atomic mass is 15.3. The van der Waals surface area contributed by atoms with E-state index in [1.807, 2.05) is 0 Å². The van der Waals surface area contributed by atoms with Gasteiger partial charge >= 0.3 is 0 Å². The predicted molar refractivity (Wildman–Crippen MR) is 39.7 cm³/mol. The Morgan fingerprint density at radius 1 is 1.42 bits per heavy atom. The van der Waals surface area contributed by atoms with Crippen LogP contribution in [0.15, 0.2) is 6.33 Å². The van der Waals surface area contributed by atoms with E-state index in [2.05, 4.69) is 30.4 Å². The van der Waals surface area contributed by atoms with Gasteiger partial charge in [-0.3, -0.25) is 10.2 Å². The van der Waals surface area contributed by atoms with Gasteiger partial charge in [0, 0.05) is 0 Å². The Morgan fingerprint density at radius 2 is 2.33 bits per heavy atom. The van der Waals surface area contributed by atoms with E-state index in [4.69, 9.17) is 5.73 Å². The fraction of sp³-hybridized carbons (Fsp3) is 0.200. The molecule has 0 saturated carbocycles. The van der Waals surface area contributed by atoms with Crippen molar-refractivity contribution in [2.75, 3.05) is 0 Å². The van der Waals surface area contributed by atoms with Gasteiger partial charge in [-0.25, -0.2) is 9.97 Å². The largest absolute Gasteiger partial charge is 0.324 e. The van der Waals surface area contributed by atoms with Crippen molar-refractivity contribution in [2.45, 2.75) is 6.54 Å². The van der Waals surface area contributed by atoms with Crippen molar-refractivity contribution in [1.29, 1.82) is 0 Å². The molecule has 0 aliphatic heterocycles. The first-order valence-electron chi connectivity index (χ1n) is 3.37. The average Bonchev–Trinajstić information content (AvgIpc) is 2.75. The second-order valence-corrected chi connectivity index (χ2v) is 2.14. The topological polar surface area (TPSA) is 109 Å². The van der Waals surface area contributed by atoms with Gasteiger partial charge in [0.15, 0.2) is 5.82 Å². The summed E-state index contributed by atoms with van der Waals surface area (Å²) in [6, 6.07) is 0. The second kappa shape index (κ2) is 2.70. The monoisotopic (exact) mass is 165 g/mol. The van der Waals surface area contributed by atoms with Crippen LogP contribution in [0.25, 0.3) is 11.6 Å². The first-order chi connectivity index (χ1) is 5.90. The summed E-state index contributed by atoms with van der Waals surface area (Å²) in [5, 5.41) is 12.9. The van der Waals surface area contributed by atoms with E-state index in [0.717, 1.165) is 0 Å². The molecule has 7 nitrogen and oxygen atoms in total. The maximum Gasteiger partial charge on any atom is 0.218 e. The molecule has 0 fully saturated rings. The SMILES string of the molecule is NCc1nc(-c2ncn[nH]2)n[nH]1. The highest BCUT2D eigenvalue weighted by molar-refractivity contribution is 5.40. The summed E-state index contributed by atoms with van der Waals surface area (Å²) in [4.78, 5) is 7.93. The van der Waals surface area contributed by atoms with Gasteiger partial charge in [-0.2, -0.15) is 5.10 Å². The third-order valence-corrected chi connectivity index (χ3v) is 1.35. The highest BCUT2D eigenvalue weighted by Gasteiger charge is 2.06. The number of H-pyrrole nitrogens is 2. The molecular weight excluding hydrogens is 158 g/mol. The van der Waals surface area contributed by atoms with Crippen molar-refractivity contribution in [1.82, 2.24) is 30.4 Å². The number of nitrogens with one attached hydrogen (secondary N) is 2. The Morgan fingerprint density at radius 3 is 2.92 bits per heavy atom. The summed E-state index contributed by atoms with van der Waals surface area (Å²) in [6.45, 7) is 0.334. The summed E-state index contributed by atoms with van der Waals surface area (Å²) in [5.74, 6) is 1.64. The number of nitrogens with two attached hydrogens (primary N) is 1. The fourth-order valence-corrected chi connectivity index (χ4v) is 0.806. The lowest BCUT2D eigenvalue weighted by Gasteiger charge is -1.82. The number of aromatic nitrogens is 6. The van der Waals surface area contributed by atoms with Crippen molar-refractivity contribution in [3.05, 3.63) is 12.2 Å². The van der Waals surface area contributed by atoms with Crippen LogP contribution >= 0.6 is 0 Å². The van der Waals surface area contributed by atoms with Crippen LogP contribution in [0.1, 0.15) is 5.82 Å². The van der Waals surface area contributed by atoms with Crippen molar-refractivity contribution < 1.29 is 0 Å². The molecule has 0 aromatic carbocycles. The van der Waals surface area contributed by atoms with E-state index >= 15 is 0 Å². The third kappa shape index (κ3) is 1.05. The first-order valence-corrected chi connectivity index (χ1v) is 3.37. The van der Waals surface area contributed by atoms with Crippen LogP contribution < -0.4 is 5.73 Å². The smallest absolute Gasteiger partial charge is 0.218 e. The molecule has 0 aliphatic rings. The molecule has 7 heteroatoms. The molecule has 2 rings (SSSR count). The zero-order chi connectivity index (χ0) is 8.39. The van der Waals surface area contributed by atoms with Gasteiger partial charge in [-0.05, 0) is 0 Å². The van der Waals surface area contributed by atoms with Crippen LogP contribution in [0.4, 0.5) is 0 Å². The van der Waals surface area contributed by atoms with Gasteiger partial charge in [0.05, 0.1) is 6.54 Å². The van der Waals surface area contributed by atoms with Gasteiger partial charge in [0.1, 0.15) is 12.2 Å². The molecule has 62 valence electrons. The average molecular weight is 165 g/mol. The Labute approximate surface area is 67.4 Å². The quantitative estimate of drug-likeness (QED) is 0.531. The van der Waals surface area contributed by atoms with Gasteiger partial charge in [0.25, 0.3) is 0 Å². The minimum atomic E-state index is 0.334. The number of rotatable bonds is 2. The van der Waals surface area contributed by atoms with E-state index in [1.165, 1.54) is 6.33 Å². The Kier molecular flexibility index (Phi) is 1.56. The lowest BCUT2D eigenvalue weighted by Crippen LogP contribution is -1.97. The van der Waals surface area contributed by atoms with Crippen molar-refractivity contribution in [3.63, 3.8) is 0 Å². The Hall–Kier alpha value is -1.76. The molecule has 0 aliphatic carbocycles. The van der Waals surface area contributed by atoms with Crippen LogP contribution in [0.2, 0.25) is 0 Å². The Bertz CT molecular complexity index is 348. The van der Waals surface area contributed by atoms with E-state index < -0.39 is 0 Å². The minimum absolute atomic E-state index is 0.334. The van der Waals surface area contributed by atoms with E-state index in [1.54, 1.807) is 0 Å². The number of hydrogen-bond acceptors (Lipinski definition) is 5. The Balaban J connectivity index is 2.35. The summed E-state index contributed by atoms with van der Waals surface area (Å²) >= 11 is 0. The molecule has 2 aromatic rings. The lowest BCUT2D eigenvalue weighted by atomic mass is 10.6. The highest BCUT2D eigenvalue weighted by Crippen LogP contribution is 2.05. The molecule has 0 bridgehead atoms. The van der Waals surface area contributed by atoms with Gasteiger partial charge in [-0.1, -0.05) is 0 Å². The molecular formula is C5H7N7. The summed E-state index contributed by atoms with van der Waals surface area (Å²) in [6.07, 6.45) is 1.40. The number of nitrogens with zero attached hydrogens (tertiary/aromatic N) is 4. The maximum absolute atomic E-state index is 5.34. The van der Waals surface area contributed by atoms with Crippen molar-refractivity contribution >= 4 is 0 Å². The molecule has 0 unspecified atom stereocenters. The summed E-state index contributed by atoms with van der Waals surface area (Å²) in [5.41, 5.74) is 5.34. The van der Waals surface area contributed by atoms with Crippen LogP contribution in [0.5, 0.6) is 0 Å². The van der Waals surface area contributed by atoms with Crippen molar-refractivity contribution in [3.8, 4) is 11.6 Å². The molecule has 0 radical (unpaired) electrons. The van der Waals surface area contributed by atoms with Crippen LogP contribution in [0.3, 0.4) is 0 Å². The normalized spacial score (nSPS) is 10.4. The van der Waals surface area contributed by atoms with Crippen LogP contribution in [-0.4, -0.2) is 30.4 Å². The lowest BCUT2D eigenvalue weighted by molar-refractivity contribution is 0.917. The molecule has 0 spiro atoms. The number of hydrogen-bond donors (Lipinski definition) is 3.